The zero-order valence-electron chi connectivity index (χ0n) is 18.9. The van der Waals surface area contributed by atoms with Gasteiger partial charge in [-0.3, -0.25) is 19.3 Å². The van der Waals surface area contributed by atoms with Crippen molar-refractivity contribution >= 4 is 39.4 Å². The van der Waals surface area contributed by atoms with Crippen molar-refractivity contribution in [1.29, 1.82) is 0 Å². The van der Waals surface area contributed by atoms with E-state index in [0.717, 1.165) is 16.1 Å². The lowest BCUT2D eigenvalue weighted by Gasteiger charge is -2.31. The number of halogens is 4. The molecule has 0 saturated heterocycles. The van der Waals surface area contributed by atoms with E-state index < -0.39 is 29.4 Å². The first kappa shape index (κ1) is 23.9. The van der Waals surface area contributed by atoms with Crippen LogP contribution in [0.25, 0.3) is 21.8 Å². The van der Waals surface area contributed by atoms with Crippen molar-refractivity contribution in [2.45, 2.75) is 19.6 Å². The molecule has 2 N–H and O–H groups in total. The van der Waals surface area contributed by atoms with Gasteiger partial charge in [0.2, 0.25) is 5.91 Å². The largest absolute Gasteiger partial charge is 0.419 e. The summed E-state index contributed by atoms with van der Waals surface area (Å²) in [5.41, 5.74) is 6.00. The Bertz CT molecular complexity index is 1480. The number of anilines is 1. The van der Waals surface area contributed by atoms with E-state index >= 15 is 0 Å². The molecule has 0 aliphatic rings. The summed E-state index contributed by atoms with van der Waals surface area (Å²) in [6, 6.07) is 7.02. The number of aromatic nitrogens is 3. The summed E-state index contributed by atoms with van der Waals surface area (Å²) in [6.45, 7) is 0.878. The smallest absolute Gasteiger partial charge is 0.383 e. The molecule has 2 heterocycles. The average molecular weight is 488 g/mol. The Labute approximate surface area is 196 Å². The van der Waals surface area contributed by atoms with Gasteiger partial charge in [-0.25, -0.2) is 14.4 Å². The fourth-order valence-electron chi connectivity index (χ4n) is 3.78. The van der Waals surface area contributed by atoms with Crippen LogP contribution in [0.3, 0.4) is 0 Å². The Morgan fingerprint density at radius 3 is 2.46 bits per heavy atom. The molecule has 0 saturated carbocycles. The van der Waals surface area contributed by atoms with Crippen LogP contribution in [0.1, 0.15) is 28.4 Å². The highest BCUT2D eigenvalue weighted by Gasteiger charge is 2.34. The molecule has 0 atom stereocenters. The summed E-state index contributed by atoms with van der Waals surface area (Å²) in [5.74, 6) is -2.32. The Hall–Kier alpha value is -4.22. The van der Waals surface area contributed by atoms with Gasteiger partial charge >= 0.3 is 6.18 Å². The van der Waals surface area contributed by atoms with E-state index in [4.69, 9.17) is 5.73 Å². The monoisotopic (exact) mass is 488 g/mol. The Morgan fingerprint density at radius 1 is 1.11 bits per heavy atom. The lowest BCUT2D eigenvalue weighted by Crippen LogP contribution is -2.46. The molecule has 0 aliphatic carbocycles. The van der Waals surface area contributed by atoms with Gasteiger partial charge in [0.05, 0.1) is 34.7 Å². The molecule has 182 valence electrons. The zero-order valence-corrected chi connectivity index (χ0v) is 18.9. The van der Waals surface area contributed by atoms with Crippen molar-refractivity contribution < 1.29 is 27.2 Å². The summed E-state index contributed by atoms with van der Waals surface area (Å²) >= 11 is 0. The van der Waals surface area contributed by atoms with E-state index in [1.54, 1.807) is 30.1 Å². The number of alkyl halides is 3. The van der Waals surface area contributed by atoms with Gasteiger partial charge in [0.25, 0.3) is 5.91 Å². The second-order valence-electron chi connectivity index (χ2n) is 7.98. The van der Waals surface area contributed by atoms with Gasteiger partial charge in [0, 0.05) is 32.0 Å². The quantitative estimate of drug-likeness (QED) is 0.349. The fraction of sp³-hybridized carbons (Fsp3) is 0.217. The van der Waals surface area contributed by atoms with E-state index in [-0.39, 0.29) is 23.5 Å². The number of rotatable bonds is 3. The molecule has 2 aromatic carbocycles. The predicted molar refractivity (Wildman–Crippen MR) is 120 cm³/mol. The predicted octanol–water partition coefficient (Wildman–Crippen LogP) is 3.90. The van der Waals surface area contributed by atoms with Gasteiger partial charge in [-0.2, -0.15) is 18.3 Å². The van der Waals surface area contributed by atoms with Crippen molar-refractivity contribution in [1.82, 2.24) is 24.8 Å². The highest BCUT2D eigenvalue weighted by Crippen LogP contribution is 2.32. The fourth-order valence-corrected chi connectivity index (χ4v) is 3.78. The summed E-state index contributed by atoms with van der Waals surface area (Å²) in [4.78, 5) is 29.9. The van der Waals surface area contributed by atoms with Gasteiger partial charge in [0.15, 0.2) is 0 Å². The number of nitrogens with two attached hydrogens (primary N) is 1. The zero-order chi connectivity index (χ0) is 25.7. The Morgan fingerprint density at radius 2 is 1.83 bits per heavy atom. The van der Waals surface area contributed by atoms with Gasteiger partial charge in [0.1, 0.15) is 11.6 Å². The third-order valence-corrected chi connectivity index (χ3v) is 5.68. The number of amides is 2. The number of carbonyl (C=O) groups excluding carboxylic acids is 2. The summed E-state index contributed by atoms with van der Waals surface area (Å²) in [6.07, 6.45) is -3.30. The van der Waals surface area contributed by atoms with Gasteiger partial charge in [-0.1, -0.05) is 6.07 Å². The number of hydrazine groups is 1. The number of hydrogen-bond donors (Lipinski definition) is 1. The van der Waals surface area contributed by atoms with Gasteiger partial charge in [-0.05, 0) is 35.9 Å². The number of nitrogen functional groups attached to an aromatic ring is 1. The van der Waals surface area contributed by atoms with E-state index in [0.29, 0.717) is 33.9 Å². The lowest BCUT2D eigenvalue weighted by molar-refractivity contribution is -0.140. The van der Waals surface area contributed by atoms with Crippen LogP contribution in [0.15, 0.2) is 42.6 Å². The van der Waals surface area contributed by atoms with Crippen molar-refractivity contribution in [2.24, 2.45) is 7.05 Å². The first-order valence-electron chi connectivity index (χ1n) is 10.3. The topological polar surface area (TPSA) is 97.3 Å². The maximum atomic E-state index is 14.1. The molecule has 0 fully saturated rings. The van der Waals surface area contributed by atoms with Gasteiger partial charge in [-0.15, -0.1) is 0 Å². The first-order chi connectivity index (χ1) is 16.4. The summed E-state index contributed by atoms with van der Waals surface area (Å²) < 4.78 is 54.5. The van der Waals surface area contributed by atoms with E-state index in [9.17, 15) is 27.2 Å². The molecule has 2 amide bonds. The third-order valence-electron chi connectivity index (χ3n) is 5.68. The molecular formula is C23H20F4N6O2. The van der Waals surface area contributed by atoms with Crippen LogP contribution >= 0.6 is 0 Å². The summed E-state index contributed by atoms with van der Waals surface area (Å²) in [5, 5.41) is 7.42. The third kappa shape index (κ3) is 4.34. The molecule has 2 aromatic heterocycles. The first-order valence-corrected chi connectivity index (χ1v) is 10.3. The standard InChI is InChI=1S/C23H20F4N6O2/c1-12(34)32(3)33(11-13-4-6-17(18(24)8-13)23(25,26)27)22(35)14-5-7-19-15(9-14)20-16(21(28)30-19)10-29-31(20)2/h4-10H,11H2,1-3H3,(H2,28,30). The molecule has 4 rings (SSSR count). The van der Waals surface area contributed by atoms with Crippen LogP contribution in [0.4, 0.5) is 23.4 Å². The second kappa shape index (κ2) is 8.53. The van der Waals surface area contributed by atoms with Crippen LogP contribution in [-0.4, -0.2) is 43.6 Å². The molecule has 8 nitrogen and oxygen atoms in total. The Balaban J connectivity index is 1.76. The molecule has 0 aliphatic heterocycles. The maximum absolute atomic E-state index is 14.1. The molecule has 12 heteroatoms. The molecule has 0 unspecified atom stereocenters. The van der Waals surface area contributed by atoms with Crippen molar-refractivity contribution in [2.75, 3.05) is 12.8 Å². The molecule has 0 bridgehead atoms. The minimum absolute atomic E-state index is 0.0706. The highest BCUT2D eigenvalue weighted by molar-refractivity contribution is 6.10. The molecule has 0 radical (unpaired) electrons. The molecular weight excluding hydrogens is 468 g/mol. The van der Waals surface area contributed by atoms with Crippen molar-refractivity contribution in [3.05, 3.63) is 65.1 Å². The van der Waals surface area contributed by atoms with Crippen LogP contribution in [0.5, 0.6) is 0 Å². The van der Waals surface area contributed by atoms with E-state index in [2.05, 4.69) is 10.1 Å². The number of hydrogen-bond acceptors (Lipinski definition) is 5. The minimum atomic E-state index is -4.85. The Kier molecular flexibility index (Phi) is 5.83. The lowest BCUT2D eigenvalue weighted by atomic mass is 10.1. The molecule has 0 spiro atoms. The maximum Gasteiger partial charge on any atom is 0.419 e. The van der Waals surface area contributed by atoms with Crippen LogP contribution in [0.2, 0.25) is 0 Å². The van der Waals surface area contributed by atoms with E-state index in [1.807, 2.05) is 0 Å². The second-order valence-corrected chi connectivity index (χ2v) is 7.98. The van der Waals surface area contributed by atoms with Crippen LogP contribution in [0, 0.1) is 5.82 Å². The number of aryl methyl sites for hydroxylation is 1. The normalized spacial score (nSPS) is 11.7. The SMILES string of the molecule is CC(=O)N(C)N(Cc1ccc(C(F)(F)F)c(F)c1)C(=O)c1ccc2nc(N)c3cnn(C)c3c2c1. The highest BCUT2D eigenvalue weighted by atomic mass is 19.4. The molecule has 35 heavy (non-hydrogen) atoms. The molecule has 4 aromatic rings. The van der Waals surface area contributed by atoms with Crippen LogP contribution < -0.4 is 5.73 Å². The van der Waals surface area contributed by atoms with Gasteiger partial charge < -0.3 is 5.73 Å². The minimum Gasteiger partial charge on any atom is -0.383 e. The summed E-state index contributed by atoms with van der Waals surface area (Å²) in [7, 11) is 3.05. The number of carbonyl (C=O) groups is 2. The van der Waals surface area contributed by atoms with Crippen molar-refractivity contribution in [3.63, 3.8) is 0 Å². The number of fused-ring (bicyclic) bond motifs is 3. The average Bonchev–Trinajstić information content (AvgIpc) is 3.18. The number of nitrogens with zero attached hydrogens (tertiary/aromatic N) is 5. The van der Waals surface area contributed by atoms with Crippen molar-refractivity contribution in [3.8, 4) is 0 Å². The number of pyridine rings is 1. The van der Waals surface area contributed by atoms with Crippen LogP contribution in [-0.2, 0) is 24.6 Å². The van der Waals surface area contributed by atoms with E-state index in [1.165, 1.54) is 20.0 Å². The number of benzene rings is 2.